The Labute approximate surface area is 152 Å². The number of carbonyl (C=O) groups excluding carboxylic acids is 1. The summed E-state index contributed by atoms with van der Waals surface area (Å²) >= 11 is 0. The van der Waals surface area contributed by atoms with E-state index in [9.17, 15) is 4.79 Å². The molecule has 0 radical (unpaired) electrons. The smallest absolute Gasteiger partial charge is 0.410 e. The zero-order valence-corrected chi connectivity index (χ0v) is 16.0. The summed E-state index contributed by atoms with van der Waals surface area (Å²) in [6.07, 6.45) is 5.14. The first-order valence-electron chi connectivity index (χ1n) is 9.28. The van der Waals surface area contributed by atoms with Gasteiger partial charge in [-0.3, -0.25) is 0 Å². The molecule has 4 nitrogen and oxygen atoms in total. The SMILES string of the molecule is CC(=Cc1ccccc1)CNCC[C@H]1CCCN1C(=O)OC(C)(C)C. The first-order valence-corrected chi connectivity index (χ1v) is 9.28. The second-order valence-electron chi connectivity index (χ2n) is 7.84. The van der Waals surface area contributed by atoms with Crippen LogP contribution in [0.4, 0.5) is 4.79 Å². The molecule has 1 heterocycles. The Morgan fingerprint density at radius 1 is 1.32 bits per heavy atom. The standard InChI is InChI=1S/C21H32N2O2/c1-17(15-18-9-6-5-7-10-18)16-22-13-12-19-11-8-14-23(19)20(24)25-21(2,3)4/h5-7,9-10,15,19,22H,8,11-14,16H2,1-4H3/t19-/m1/s1. The molecule has 1 aliphatic heterocycles. The van der Waals surface area contributed by atoms with E-state index in [4.69, 9.17) is 4.74 Å². The zero-order chi connectivity index (χ0) is 18.3. The second kappa shape index (κ2) is 9.04. The third-order valence-electron chi connectivity index (χ3n) is 4.28. The molecule has 25 heavy (non-hydrogen) atoms. The third-order valence-corrected chi connectivity index (χ3v) is 4.28. The molecule has 4 heteroatoms. The maximum absolute atomic E-state index is 12.3. The molecule has 1 N–H and O–H groups in total. The molecule has 0 aromatic heterocycles. The highest BCUT2D eigenvalue weighted by Gasteiger charge is 2.31. The fourth-order valence-electron chi connectivity index (χ4n) is 3.14. The van der Waals surface area contributed by atoms with Crippen LogP contribution in [-0.2, 0) is 4.74 Å². The number of hydrogen-bond donors (Lipinski definition) is 1. The zero-order valence-electron chi connectivity index (χ0n) is 16.0. The number of likely N-dealkylation sites (tertiary alicyclic amines) is 1. The average Bonchev–Trinajstić information content (AvgIpc) is 2.99. The maximum atomic E-state index is 12.3. The minimum absolute atomic E-state index is 0.171. The van der Waals surface area contributed by atoms with E-state index in [2.05, 4.69) is 42.6 Å². The first kappa shape index (κ1) is 19.5. The number of nitrogens with one attached hydrogen (secondary N) is 1. The van der Waals surface area contributed by atoms with Gasteiger partial charge in [-0.2, -0.15) is 0 Å². The van der Waals surface area contributed by atoms with Crippen molar-refractivity contribution < 1.29 is 9.53 Å². The molecule has 1 aliphatic rings. The minimum Gasteiger partial charge on any atom is -0.444 e. The summed E-state index contributed by atoms with van der Waals surface area (Å²) in [5.74, 6) is 0. The lowest BCUT2D eigenvalue weighted by atomic mass is 10.1. The van der Waals surface area contributed by atoms with Crippen molar-refractivity contribution in [1.29, 1.82) is 0 Å². The number of carbonyl (C=O) groups is 1. The Morgan fingerprint density at radius 2 is 2.04 bits per heavy atom. The Kier molecular flexibility index (Phi) is 7.06. The number of rotatable bonds is 6. The van der Waals surface area contributed by atoms with Gasteiger partial charge in [0, 0.05) is 19.1 Å². The van der Waals surface area contributed by atoms with Crippen molar-refractivity contribution in [1.82, 2.24) is 10.2 Å². The Morgan fingerprint density at radius 3 is 2.72 bits per heavy atom. The van der Waals surface area contributed by atoms with E-state index in [-0.39, 0.29) is 6.09 Å². The van der Waals surface area contributed by atoms with Crippen molar-refractivity contribution in [2.75, 3.05) is 19.6 Å². The molecule has 1 atom stereocenters. The van der Waals surface area contributed by atoms with Gasteiger partial charge < -0.3 is 15.0 Å². The molecule has 0 spiro atoms. The number of amides is 1. The predicted molar refractivity (Wildman–Crippen MR) is 104 cm³/mol. The van der Waals surface area contributed by atoms with E-state index >= 15 is 0 Å². The van der Waals surface area contributed by atoms with Crippen molar-refractivity contribution in [3.63, 3.8) is 0 Å². The normalized spacial score (nSPS) is 18.5. The fourth-order valence-corrected chi connectivity index (χ4v) is 3.14. The van der Waals surface area contributed by atoms with Crippen LogP contribution in [0.2, 0.25) is 0 Å². The highest BCUT2D eigenvalue weighted by molar-refractivity contribution is 5.68. The summed E-state index contributed by atoms with van der Waals surface area (Å²) in [5, 5.41) is 3.49. The Bertz CT molecular complexity index is 575. The van der Waals surface area contributed by atoms with E-state index in [0.717, 1.165) is 38.9 Å². The van der Waals surface area contributed by atoms with Crippen LogP contribution in [0.25, 0.3) is 6.08 Å². The van der Waals surface area contributed by atoms with Gasteiger partial charge in [0.05, 0.1) is 0 Å². The highest BCUT2D eigenvalue weighted by Crippen LogP contribution is 2.22. The molecule has 2 rings (SSSR count). The summed E-state index contributed by atoms with van der Waals surface area (Å²) in [4.78, 5) is 14.2. The fraction of sp³-hybridized carbons (Fsp3) is 0.571. The van der Waals surface area contributed by atoms with E-state index in [1.54, 1.807) is 0 Å². The first-order chi connectivity index (χ1) is 11.8. The summed E-state index contributed by atoms with van der Waals surface area (Å²) in [5.41, 5.74) is 2.11. The molecule has 0 bridgehead atoms. The molecule has 1 aromatic rings. The molecule has 1 fully saturated rings. The lowest BCUT2D eigenvalue weighted by Crippen LogP contribution is -2.40. The largest absolute Gasteiger partial charge is 0.444 e. The van der Waals surface area contributed by atoms with Gasteiger partial charge in [0.15, 0.2) is 0 Å². The molecule has 138 valence electrons. The van der Waals surface area contributed by atoms with Crippen molar-refractivity contribution in [3.05, 3.63) is 41.5 Å². The molecule has 1 aromatic carbocycles. The summed E-state index contributed by atoms with van der Waals surface area (Å²) in [6.45, 7) is 10.5. The van der Waals surface area contributed by atoms with E-state index < -0.39 is 5.60 Å². The van der Waals surface area contributed by atoms with Gasteiger partial charge >= 0.3 is 6.09 Å². The van der Waals surface area contributed by atoms with Gasteiger partial charge in [0.25, 0.3) is 0 Å². The van der Waals surface area contributed by atoms with Crippen LogP contribution in [0.15, 0.2) is 35.9 Å². The van der Waals surface area contributed by atoms with Crippen LogP contribution >= 0.6 is 0 Å². The topological polar surface area (TPSA) is 41.6 Å². The van der Waals surface area contributed by atoms with E-state index in [0.29, 0.717) is 6.04 Å². The maximum Gasteiger partial charge on any atom is 0.410 e. The second-order valence-corrected chi connectivity index (χ2v) is 7.84. The molecule has 1 saturated heterocycles. The van der Waals surface area contributed by atoms with Crippen LogP contribution in [-0.4, -0.2) is 42.3 Å². The monoisotopic (exact) mass is 344 g/mol. The number of ether oxygens (including phenoxy) is 1. The third kappa shape index (κ3) is 6.91. The van der Waals surface area contributed by atoms with Gasteiger partial charge in [-0.15, -0.1) is 0 Å². The van der Waals surface area contributed by atoms with Gasteiger partial charge in [-0.05, 0) is 59.1 Å². The van der Waals surface area contributed by atoms with Crippen LogP contribution in [0, 0.1) is 0 Å². The van der Waals surface area contributed by atoms with Gasteiger partial charge in [0.1, 0.15) is 5.60 Å². The van der Waals surface area contributed by atoms with Gasteiger partial charge in [-0.25, -0.2) is 4.79 Å². The highest BCUT2D eigenvalue weighted by atomic mass is 16.6. The Hall–Kier alpha value is -1.81. The van der Waals surface area contributed by atoms with Crippen molar-refractivity contribution in [3.8, 4) is 0 Å². The van der Waals surface area contributed by atoms with Crippen LogP contribution in [0.3, 0.4) is 0 Å². The van der Waals surface area contributed by atoms with Gasteiger partial charge in [-0.1, -0.05) is 42.0 Å². The molecular weight excluding hydrogens is 312 g/mol. The van der Waals surface area contributed by atoms with Crippen LogP contribution in [0.1, 0.15) is 52.5 Å². The Balaban J connectivity index is 1.73. The average molecular weight is 344 g/mol. The van der Waals surface area contributed by atoms with E-state index in [1.165, 1.54) is 11.1 Å². The predicted octanol–water partition coefficient (Wildman–Crippen LogP) is 4.47. The number of hydrogen-bond acceptors (Lipinski definition) is 3. The molecular formula is C21H32N2O2. The quantitative estimate of drug-likeness (QED) is 0.774. The lowest BCUT2D eigenvalue weighted by Gasteiger charge is -2.28. The molecule has 0 saturated carbocycles. The van der Waals surface area contributed by atoms with Crippen LogP contribution in [0.5, 0.6) is 0 Å². The number of nitrogens with zero attached hydrogens (tertiary/aromatic N) is 1. The van der Waals surface area contributed by atoms with Gasteiger partial charge in [0.2, 0.25) is 0 Å². The lowest BCUT2D eigenvalue weighted by molar-refractivity contribution is 0.0221. The number of benzene rings is 1. The van der Waals surface area contributed by atoms with Crippen molar-refractivity contribution in [2.24, 2.45) is 0 Å². The minimum atomic E-state index is -0.429. The molecule has 0 unspecified atom stereocenters. The summed E-state index contributed by atoms with van der Waals surface area (Å²) in [6, 6.07) is 10.7. The molecule has 1 amide bonds. The van der Waals surface area contributed by atoms with Crippen molar-refractivity contribution >= 4 is 12.2 Å². The summed E-state index contributed by atoms with van der Waals surface area (Å²) < 4.78 is 5.52. The molecule has 0 aliphatic carbocycles. The van der Waals surface area contributed by atoms with Crippen molar-refractivity contribution in [2.45, 2.75) is 58.6 Å². The van der Waals surface area contributed by atoms with Crippen LogP contribution < -0.4 is 5.32 Å². The van der Waals surface area contributed by atoms with E-state index in [1.807, 2.05) is 31.7 Å². The summed E-state index contributed by atoms with van der Waals surface area (Å²) in [7, 11) is 0.